The standard InChI is InChI=1S/C11H8Cl2N2O/c12-10-5-9(6-11(13)15-10)16-8-3-1-7(14)2-4-8/h1-6H,14H2/p+1. The van der Waals surface area contributed by atoms with E-state index in [0.717, 1.165) is 0 Å². The Morgan fingerprint density at radius 2 is 1.50 bits per heavy atom. The number of H-pyrrole nitrogens is 1. The van der Waals surface area contributed by atoms with E-state index in [1.807, 2.05) is 0 Å². The quantitative estimate of drug-likeness (QED) is 0.662. The minimum atomic E-state index is 0.415. The molecule has 0 fully saturated rings. The van der Waals surface area contributed by atoms with Crippen LogP contribution in [0.3, 0.4) is 0 Å². The maximum Gasteiger partial charge on any atom is 0.278 e. The van der Waals surface area contributed by atoms with Gasteiger partial charge < -0.3 is 10.5 Å². The molecule has 3 N–H and O–H groups in total. The topological polar surface area (TPSA) is 49.4 Å². The molecule has 0 bridgehead atoms. The van der Waals surface area contributed by atoms with Crippen LogP contribution in [0.5, 0.6) is 11.5 Å². The Labute approximate surface area is 103 Å². The lowest BCUT2D eigenvalue weighted by Crippen LogP contribution is -2.04. The first kappa shape index (κ1) is 11.0. The third-order valence-electron chi connectivity index (χ3n) is 1.89. The van der Waals surface area contributed by atoms with Crippen LogP contribution in [0.1, 0.15) is 0 Å². The lowest BCUT2D eigenvalue weighted by Gasteiger charge is -2.04. The first-order valence-corrected chi connectivity index (χ1v) is 5.31. The molecule has 0 saturated heterocycles. The number of nitrogens with two attached hydrogens (primary N) is 1. The molecule has 0 aliphatic heterocycles. The van der Waals surface area contributed by atoms with Gasteiger partial charge in [-0.3, -0.25) is 0 Å². The highest BCUT2D eigenvalue weighted by Gasteiger charge is 2.07. The first-order chi connectivity index (χ1) is 7.63. The van der Waals surface area contributed by atoms with Crippen molar-refractivity contribution in [2.75, 3.05) is 5.73 Å². The molecule has 0 amide bonds. The second-order valence-corrected chi connectivity index (χ2v) is 4.00. The van der Waals surface area contributed by atoms with Crippen LogP contribution < -0.4 is 15.5 Å². The predicted octanol–water partition coefficient (Wildman–Crippen LogP) is 3.18. The number of hydrogen-bond donors (Lipinski definition) is 1. The van der Waals surface area contributed by atoms with Crippen molar-refractivity contribution in [2.24, 2.45) is 0 Å². The first-order valence-electron chi connectivity index (χ1n) is 4.55. The molecule has 2 rings (SSSR count). The Hall–Kier alpha value is -1.45. The van der Waals surface area contributed by atoms with Crippen molar-refractivity contribution >= 4 is 28.9 Å². The van der Waals surface area contributed by atoms with Crippen LogP contribution in [0.15, 0.2) is 36.4 Å². The van der Waals surface area contributed by atoms with E-state index in [0.29, 0.717) is 27.5 Å². The van der Waals surface area contributed by atoms with Crippen molar-refractivity contribution in [3.63, 3.8) is 0 Å². The number of hydrogen-bond acceptors (Lipinski definition) is 2. The Bertz CT molecular complexity index is 480. The van der Waals surface area contributed by atoms with Gasteiger partial charge in [0.2, 0.25) is 0 Å². The van der Waals surface area contributed by atoms with E-state index in [1.54, 1.807) is 36.4 Å². The van der Waals surface area contributed by atoms with Gasteiger partial charge in [0.15, 0.2) is 0 Å². The monoisotopic (exact) mass is 255 g/mol. The van der Waals surface area contributed by atoms with E-state index < -0.39 is 0 Å². The summed E-state index contributed by atoms with van der Waals surface area (Å²) < 4.78 is 5.55. The number of nitrogens with one attached hydrogen (secondary N) is 1. The summed E-state index contributed by atoms with van der Waals surface area (Å²) >= 11 is 11.6. The van der Waals surface area contributed by atoms with E-state index in [4.69, 9.17) is 33.7 Å². The lowest BCUT2D eigenvalue weighted by atomic mass is 10.3. The second-order valence-electron chi connectivity index (χ2n) is 3.18. The maximum atomic E-state index is 5.80. The zero-order valence-corrected chi connectivity index (χ0v) is 9.72. The van der Waals surface area contributed by atoms with Crippen LogP contribution >= 0.6 is 23.2 Å². The van der Waals surface area contributed by atoms with Gasteiger partial charge in [0.25, 0.3) is 10.3 Å². The summed E-state index contributed by atoms with van der Waals surface area (Å²) in [5.74, 6) is 1.24. The number of halogens is 2. The van der Waals surface area contributed by atoms with Crippen molar-refractivity contribution in [3.05, 3.63) is 46.7 Å². The Balaban J connectivity index is 2.23. The molecule has 1 aromatic heterocycles. The largest absolute Gasteiger partial charge is 0.457 e. The van der Waals surface area contributed by atoms with Crippen LogP contribution in [0.4, 0.5) is 5.69 Å². The summed E-state index contributed by atoms with van der Waals surface area (Å²) in [7, 11) is 0. The van der Waals surface area contributed by atoms with Gasteiger partial charge >= 0.3 is 0 Å². The second kappa shape index (κ2) is 4.60. The number of ether oxygens (including phenoxy) is 1. The van der Waals surface area contributed by atoms with E-state index >= 15 is 0 Å². The molecule has 3 nitrogen and oxygen atoms in total. The number of aromatic amines is 1. The summed E-state index contributed by atoms with van der Waals surface area (Å²) in [6, 6.07) is 10.3. The van der Waals surface area contributed by atoms with Gasteiger partial charge in [-0.15, -0.1) is 0 Å². The molecule has 0 unspecified atom stereocenters. The number of benzene rings is 1. The van der Waals surface area contributed by atoms with Gasteiger partial charge in [0.05, 0.1) is 12.1 Å². The molecule has 0 atom stereocenters. The molecule has 82 valence electrons. The molecule has 2 aromatic rings. The van der Waals surface area contributed by atoms with Crippen molar-refractivity contribution < 1.29 is 9.72 Å². The molecule has 0 aliphatic rings. The smallest absolute Gasteiger partial charge is 0.278 e. The zero-order chi connectivity index (χ0) is 11.5. The highest BCUT2D eigenvalue weighted by molar-refractivity contribution is 6.30. The fourth-order valence-corrected chi connectivity index (χ4v) is 1.68. The third kappa shape index (κ3) is 2.78. The van der Waals surface area contributed by atoms with Crippen molar-refractivity contribution in [1.29, 1.82) is 0 Å². The number of aromatic nitrogens is 1. The van der Waals surface area contributed by atoms with Gasteiger partial charge in [-0.1, -0.05) is 0 Å². The molecule has 1 heterocycles. The normalized spacial score (nSPS) is 10.1. The number of pyridine rings is 1. The van der Waals surface area contributed by atoms with Crippen LogP contribution in [0.25, 0.3) is 0 Å². The van der Waals surface area contributed by atoms with Gasteiger partial charge in [0, 0.05) is 5.69 Å². The van der Waals surface area contributed by atoms with Crippen LogP contribution in [0, 0.1) is 0 Å². The highest BCUT2D eigenvalue weighted by Crippen LogP contribution is 2.24. The fourth-order valence-electron chi connectivity index (χ4n) is 1.21. The van der Waals surface area contributed by atoms with E-state index in [9.17, 15) is 0 Å². The summed E-state index contributed by atoms with van der Waals surface area (Å²) in [6.07, 6.45) is 0. The molecule has 0 saturated carbocycles. The Morgan fingerprint density at radius 3 is 2.06 bits per heavy atom. The molecule has 1 aromatic carbocycles. The van der Waals surface area contributed by atoms with E-state index in [-0.39, 0.29) is 0 Å². The average Bonchev–Trinajstić information content (AvgIpc) is 2.20. The number of nitrogen functional groups attached to an aromatic ring is 1. The molecule has 5 heteroatoms. The zero-order valence-electron chi connectivity index (χ0n) is 8.21. The molecule has 0 radical (unpaired) electrons. The highest BCUT2D eigenvalue weighted by atomic mass is 35.5. The Kier molecular flexibility index (Phi) is 3.17. The summed E-state index contributed by atoms with van der Waals surface area (Å²) in [4.78, 5) is 2.74. The van der Waals surface area contributed by atoms with Crippen molar-refractivity contribution in [3.8, 4) is 11.5 Å². The van der Waals surface area contributed by atoms with E-state index in [1.165, 1.54) is 0 Å². The molecular weight excluding hydrogens is 247 g/mol. The fraction of sp³-hybridized carbons (Fsp3) is 0. The SMILES string of the molecule is Nc1ccc(Oc2cc(Cl)[nH+]c(Cl)c2)cc1. The molecule has 0 spiro atoms. The third-order valence-corrected chi connectivity index (χ3v) is 2.30. The summed E-state index contributed by atoms with van der Waals surface area (Å²) in [5.41, 5.74) is 6.25. The van der Waals surface area contributed by atoms with Gasteiger partial charge in [-0.2, -0.15) is 4.98 Å². The predicted molar refractivity (Wildman–Crippen MR) is 63.9 cm³/mol. The van der Waals surface area contributed by atoms with E-state index in [2.05, 4.69) is 4.98 Å². The average molecular weight is 256 g/mol. The summed E-state index contributed by atoms with van der Waals surface area (Å²) in [6.45, 7) is 0. The number of rotatable bonds is 2. The molecule has 0 aliphatic carbocycles. The van der Waals surface area contributed by atoms with Crippen molar-refractivity contribution in [2.45, 2.75) is 0 Å². The number of anilines is 1. The minimum Gasteiger partial charge on any atom is -0.457 e. The van der Waals surface area contributed by atoms with Crippen molar-refractivity contribution in [1.82, 2.24) is 0 Å². The van der Waals surface area contributed by atoms with Gasteiger partial charge in [0.1, 0.15) is 11.5 Å². The summed E-state index contributed by atoms with van der Waals surface area (Å²) in [5, 5.41) is 0.830. The van der Waals surface area contributed by atoms with Crippen LogP contribution in [-0.4, -0.2) is 0 Å². The molecule has 16 heavy (non-hydrogen) atoms. The molecular formula is C11H9Cl2N2O+. The minimum absolute atomic E-state index is 0.415. The van der Waals surface area contributed by atoms with Gasteiger partial charge in [-0.05, 0) is 47.5 Å². The van der Waals surface area contributed by atoms with Gasteiger partial charge in [-0.25, -0.2) is 0 Å². The Morgan fingerprint density at radius 1 is 0.938 bits per heavy atom. The maximum absolute atomic E-state index is 5.80. The lowest BCUT2D eigenvalue weighted by molar-refractivity contribution is -0.372. The van der Waals surface area contributed by atoms with Crippen LogP contribution in [0.2, 0.25) is 10.3 Å². The van der Waals surface area contributed by atoms with Crippen LogP contribution in [-0.2, 0) is 0 Å².